The van der Waals surface area contributed by atoms with E-state index in [2.05, 4.69) is 9.47 Å². The Balaban J connectivity index is 2.36. The zero-order valence-corrected chi connectivity index (χ0v) is 8.83. The molecule has 0 saturated heterocycles. The number of carbonyl (C=O) groups excluding carboxylic acids is 2. The molecule has 1 heterocycles. The van der Waals surface area contributed by atoms with Gasteiger partial charge in [-0.2, -0.15) is 0 Å². The minimum absolute atomic E-state index is 0.0742. The summed E-state index contributed by atoms with van der Waals surface area (Å²) in [6, 6.07) is 3.96. The lowest BCUT2D eigenvalue weighted by atomic mass is 10.1. The zero-order valence-electron chi connectivity index (χ0n) is 8.83. The lowest BCUT2D eigenvalue weighted by molar-refractivity contribution is -0.286. The van der Waals surface area contributed by atoms with E-state index in [1.807, 2.05) is 0 Å². The molecular weight excluding hydrogens is 234 g/mol. The zero-order chi connectivity index (χ0) is 12.6. The maximum absolute atomic E-state index is 12.8. The van der Waals surface area contributed by atoms with Crippen LogP contribution in [0.4, 0.5) is 8.78 Å². The first-order chi connectivity index (χ1) is 7.89. The number of hydrogen-bond donors (Lipinski definition) is 0. The van der Waals surface area contributed by atoms with Crippen LogP contribution in [0.25, 0.3) is 0 Å². The van der Waals surface area contributed by atoms with Gasteiger partial charge in [0.25, 0.3) is 0 Å². The van der Waals surface area contributed by atoms with Gasteiger partial charge in [0, 0.05) is 0 Å². The van der Waals surface area contributed by atoms with Gasteiger partial charge in [0.05, 0.1) is 12.0 Å². The number of halogens is 2. The Bertz CT molecular complexity index is 496. The molecule has 90 valence electrons. The predicted molar refractivity (Wildman–Crippen MR) is 52.3 cm³/mol. The molecule has 1 aromatic carbocycles. The van der Waals surface area contributed by atoms with Crippen LogP contribution in [0.3, 0.4) is 0 Å². The van der Waals surface area contributed by atoms with Crippen molar-refractivity contribution in [2.24, 2.45) is 0 Å². The third-order valence-corrected chi connectivity index (χ3v) is 2.14. The van der Waals surface area contributed by atoms with Crippen molar-refractivity contribution in [2.45, 2.75) is 19.6 Å². The SMILES string of the molecule is CC(=O)CC(=O)c1cccc2c1OC(F)(F)O2. The summed E-state index contributed by atoms with van der Waals surface area (Å²) in [5, 5.41) is 0. The average Bonchev–Trinajstić information content (AvgIpc) is 2.49. The highest BCUT2D eigenvalue weighted by molar-refractivity contribution is 6.09. The summed E-state index contributed by atoms with van der Waals surface area (Å²) in [7, 11) is 0. The molecule has 1 aromatic rings. The van der Waals surface area contributed by atoms with Gasteiger partial charge >= 0.3 is 6.29 Å². The molecule has 0 N–H and O–H groups in total. The molecule has 1 aliphatic rings. The average molecular weight is 242 g/mol. The molecule has 0 fully saturated rings. The first-order valence-electron chi connectivity index (χ1n) is 4.80. The van der Waals surface area contributed by atoms with Crippen LogP contribution in [0.2, 0.25) is 0 Å². The summed E-state index contributed by atoms with van der Waals surface area (Å²) in [6.45, 7) is 1.24. The molecule has 0 spiro atoms. The van der Waals surface area contributed by atoms with Gasteiger partial charge in [-0.1, -0.05) is 6.07 Å². The van der Waals surface area contributed by atoms with E-state index in [9.17, 15) is 18.4 Å². The molecule has 0 unspecified atom stereocenters. The number of hydrogen-bond acceptors (Lipinski definition) is 4. The van der Waals surface area contributed by atoms with Crippen molar-refractivity contribution >= 4 is 11.6 Å². The second kappa shape index (κ2) is 3.80. The highest BCUT2D eigenvalue weighted by atomic mass is 19.3. The second-order valence-corrected chi connectivity index (χ2v) is 3.60. The Morgan fingerprint density at radius 3 is 2.65 bits per heavy atom. The molecule has 0 saturated carbocycles. The molecule has 17 heavy (non-hydrogen) atoms. The first kappa shape index (κ1) is 11.5. The highest BCUT2D eigenvalue weighted by Gasteiger charge is 2.45. The van der Waals surface area contributed by atoms with E-state index < -0.39 is 12.1 Å². The molecule has 1 aliphatic heterocycles. The van der Waals surface area contributed by atoms with Crippen molar-refractivity contribution in [3.8, 4) is 11.5 Å². The molecule has 0 aromatic heterocycles. The van der Waals surface area contributed by atoms with Crippen LogP contribution in [-0.4, -0.2) is 17.9 Å². The van der Waals surface area contributed by atoms with E-state index in [-0.39, 0.29) is 29.3 Å². The predicted octanol–water partition coefficient (Wildman–Crippen LogP) is 2.17. The monoisotopic (exact) mass is 242 g/mol. The van der Waals surface area contributed by atoms with Gasteiger partial charge in [-0.3, -0.25) is 9.59 Å². The Morgan fingerprint density at radius 2 is 2.00 bits per heavy atom. The van der Waals surface area contributed by atoms with Crippen LogP contribution >= 0.6 is 0 Å². The van der Waals surface area contributed by atoms with E-state index in [1.54, 1.807) is 0 Å². The number of alkyl halides is 2. The fraction of sp³-hybridized carbons (Fsp3) is 0.273. The number of ketones is 2. The summed E-state index contributed by atoms with van der Waals surface area (Å²) in [6.07, 6.45) is -4.12. The minimum atomic E-state index is -3.77. The quantitative estimate of drug-likeness (QED) is 0.602. The van der Waals surface area contributed by atoms with Gasteiger partial charge in [-0.05, 0) is 19.1 Å². The lowest BCUT2D eigenvalue weighted by Gasteiger charge is -2.05. The standard InChI is InChI=1S/C11H8F2O4/c1-6(14)5-8(15)7-3-2-4-9-10(7)17-11(12,13)16-9/h2-4H,5H2,1H3. The smallest absolute Gasteiger partial charge is 0.395 e. The Morgan fingerprint density at radius 1 is 1.29 bits per heavy atom. The van der Waals surface area contributed by atoms with Crippen LogP contribution in [0.1, 0.15) is 23.7 Å². The van der Waals surface area contributed by atoms with Crippen LogP contribution < -0.4 is 9.47 Å². The summed E-state index contributed by atoms with van der Waals surface area (Å²) in [5.41, 5.74) is -0.0742. The number of rotatable bonds is 3. The first-order valence-corrected chi connectivity index (χ1v) is 4.80. The van der Waals surface area contributed by atoms with Gasteiger partial charge in [0.2, 0.25) is 0 Å². The lowest BCUT2D eigenvalue weighted by Crippen LogP contribution is -2.26. The van der Waals surface area contributed by atoms with E-state index in [0.717, 1.165) is 0 Å². The van der Waals surface area contributed by atoms with Gasteiger partial charge in [0.15, 0.2) is 17.3 Å². The fourth-order valence-electron chi connectivity index (χ4n) is 1.51. The molecule has 0 atom stereocenters. The molecule has 0 aliphatic carbocycles. The van der Waals surface area contributed by atoms with Crippen molar-refractivity contribution in [1.29, 1.82) is 0 Å². The fourth-order valence-corrected chi connectivity index (χ4v) is 1.51. The number of Topliss-reactive ketones (excluding diaryl/α,β-unsaturated/α-hetero) is 2. The van der Waals surface area contributed by atoms with Crippen LogP contribution in [-0.2, 0) is 4.79 Å². The molecular formula is C11H8F2O4. The van der Waals surface area contributed by atoms with Crippen LogP contribution in [0.15, 0.2) is 18.2 Å². The largest absolute Gasteiger partial charge is 0.586 e. The number of carbonyl (C=O) groups is 2. The second-order valence-electron chi connectivity index (χ2n) is 3.60. The maximum atomic E-state index is 12.8. The molecule has 6 heteroatoms. The van der Waals surface area contributed by atoms with Gasteiger partial charge < -0.3 is 9.47 Å². The highest BCUT2D eigenvalue weighted by Crippen LogP contribution is 2.43. The van der Waals surface area contributed by atoms with E-state index in [1.165, 1.54) is 25.1 Å². The summed E-state index contributed by atoms with van der Waals surface area (Å²) in [4.78, 5) is 22.4. The van der Waals surface area contributed by atoms with E-state index in [4.69, 9.17) is 0 Å². The number of ether oxygens (including phenoxy) is 2. The molecule has 0 radical (unpaired) electrons. The maximum Gasteiger partial charge on any atom is 0.586 e. The van der Waals surface area contributed by atoms with E-state index in [0.29, 0.717) is 0 Å². The van der Waals surface area contributed by atoms with Crippen LogP contribution in [0, 0.1) is 0 Å². The summed E-state index contributed by atoms with van der Waals surface area (Å²) < 4.78 is 34.1. The molecule has 0 amide bonds. The molecule has 2 rings (SSSR count). The van der Waals surface area contributed by atoms with Crippen molar-refractivity contribution in [2.75, 3.05) is 0 Å². The van der Waals surface area contributed by atoms with Crippen molar-refractivity contribution in [3.05, 3.63) is 23.8 Å². The number of benzene rings is 1. The summed E-state index contributed by atoms with van der Waals surface area (Å²) in [5.74, 6) is -1.44. The third-order valence-electron chi connectivity index (χ3n) is 2.14. The molecule has 4 nitrogen and oxygen atoms in total. The Labute approximate surface area is 95.1 Å². The van der Waals surface area contributed by atoms with Crippen LogP contribution in [0.5, 0.6) is 11.5 Å². The minimum Gasteiger partial charge on any atom is -0.395 e. The Kier molecular flexibility index (Phi) is 2.57. The van der Waals surface area contributed by atoms with Gasteiger partial charge in [-0.25, -0.2) is 0 Å². The van der Waals surface area contributed by atoms with Crippen molar-refractivity contribution < 1.29 is 27.8 Å². The molecule has 0 bridgehead atoms. The number of para-hydroxylation sites is 1. The Hall–Kier alpha value is -1.98. The summed E-state index contributed by atoms with van der Waals surface area (Å²) >= 11 is 0. The van der Waals surface area contributed by atoms with Gasteiger partial charge in [-0.15, -0.1) is 8.78 Å². The normalized spacial score (nSPS) is 15.7. The van der Waals surface area contributed by atoms with E-state index >= 15 is 0 Å². The van der Waals surface area contributed by atoms with Crippen molar-refractivity contribution in [1.82, 2.24) is 0 Å². The topological polar surface area (TPSA) is 52.6 Å². The number of fused-ring (bicyclic) bond motifs is 1. The van der Waals surface area contributed by atoms with Gasteiger partial charge in [0.1, 0.15) is 5.78 Å². The third kappa shape index (κ3) is 2.25. The van der Waals surface area contributed by atoms with Crippen molar-refractivity contribution in [3.63, 3.8) is 0 Å².